The molecule has 0 heterocycles. The fourth-order valence-corrected chi connectivity index (χ4v) is 4.87. The Labute approximate surface area is 353 Å². The van der Waals surface area contributed by atoms with E-state index in [0.717, 1.165) is 25.7 Å². The van der Waals surface area contributed by atoms with Crippen LogP contribution in [0.2, 0.25) is 0 Å². The zero-order chi connectivity index (χ0) is 44.8. The monoisotopic (exact) mass is 841 g/mol. The summed E-state index contributed by atoms with van der Waals surface area (Å²) in [7, 11) is 0. The van der Waals surface area contributed by atoms with Gasteiger partial charge in [0.1, 0.15) is 18.3 Å². The first-order valence-electron chi connectivity index (χ1n) is 22.4. The number of rotatable bonds is 36. The summed E-state index contributed by atoms with van der Waals surface area (Å²) in [5.41, 5.74) is 0. The van der Waals surface area contributed by atoms with Crippen molar-refractivity contribution in [3.8, 4) is 0 Å². The molecular weight excluding hydrogens is 748 g/mol. The molecule has 0 aliphatic heterocycles. The van der Waals surface area contributed by atoms with E-state index in [1.807, 2.05) is 0 Å². The number of carbonyl (C=O) groups is 2. The summed E-state index contributed by atoms with van der Waals surface area (Å²) < 4.78 is 0. The predicted molar refractivity (Wildman–Crippen MR) is 235 cm³/mol. The molecule has 0 radical (unpaired) electrons. The number of hydrogen-bond donors (Lipinski definition) is 11. The minimum absolute atomic E-state index is 0.332. The van der Waals surface area contributed by atoms with Crippen LogP contribution in [-0.2, 0) is 9.59 Å². The number of carboxylic acids is 2. The third-order valence-corrected chi connectivity index (χ3v) is 8.57. The maximum Gasteiger partial charge on any atom is 0.303 e. The van der Waals surface area contributed by atoms with Crippen LogP contribution in [0.1, 0.15) is 194 Å². The molecule has 0 saturated heterocycles. The maximum atomic E-state index is 10.3. The second-order valence-electron chi connectivity index (χ2n) is 14.5. The van der Waals surface area contributed by atoms with Crippen LogP contribution in [0.5, 0.6) is 0 Å². The lowest BCUT2D eigenvalue weighted by Gasteiger charge is -1.99. The Morgan fingerprint density at radius 2 is 0.534 bits per heavy atom. The largest absolute Gasteiger partial charge is 0.481 e. The molecule has 13 nitrogen and oxygen atoms in total. The first kappa shape index (κ1) is 65.2. The van der Waals surface area contributed by atoms with Crippen molar-refractivity contribution in [3.63, 3.8) is 0 Å². The van der Waals surface area contributed by atoms with Crippen molar-refractivity contribution >= 4 is 11.9 Å². The van der Waals surface area contributed by atoms with E-state index < -0.39 is 30.3 Å². The number of aliphatic hydroxyl groups is 9. The van der Waals surface area contributed by atoms with E-state index in [-0.39, 0.29) is 39.6 Å². The van der Waals surface area contributed by atoms with Gasteiger partial charge in [-0.15, -0.1) is 0 Å². The summed E-state index contributed by atoms with van der Waals surface area (Å²) in [6, 6.07) is 0. The predicted octanol–water partition coefficient (Wildman–Crippen LogP) is 7.21. The SMILES string of the molecule is CCCCCCCC/C=C\CCCCCCCC(=O)O.CCCCCCCC/C=C\CCCCCCCC(=O)O.OCC(O)CO.OCC(O)CO.OCC(O)CO. The summed E-state index contributed by atoms with van der Waals surface area (Å²) in [5.74, 6) is -1.33. The maximum absolute atomic E-state index is 10.3. The third kappa shape index (κ3) is 78.4. The van der Waals surface area contributed by atoms with Gasteiger partial charge in [0, 0.05) is 12.8 Å². The molecule has 0 fully saturated rings. The topological polar surface area (TPSA) is 257 Å². The zero-order valence-corrected chi connectivity index (χ0v) is 36.8. The molecule has 11 N–H and O–H groups in total. The van der Waals surface area contributed by atoms with Gasteiger partial charge in [-0.25, -0.2) is 0 Å². The van der Waals surface area contributed by atoms with Crippen molar-refractivity contribution in [1.29, 1.82) is 0 Å². The van der Waals surface area contributed by atoms with Gasteiger partial charge in [-0.1, -0.05) is 141 Å². The summed E-state index contributed by atoms with van der Waals surface area (Å²) in [6.07, 6.45) is 39.6. The van der Waals surface area contributed by atoms with Gasteiger partial charge in [0.2, 0.25) is 0 Å². The molecule has 350 valence electrons. The molecule has 0 saturated carbocycles. The second kappa shape index (κ2) is 61.7. The van der Waals surface area contributed by atoms with Crippen LogP contribution < -0.4 is 0 Å². The Balaban J connectivity index is -0.000000228. The highest BCUT2D eigenvalue weighted by Gasteiger charge is 1.98. The molecule has 0 amide bonds. The van der Waals surface area contributed by atoms with Gasteiger partial charge < -0.3 is 56.2 Å². The van der Waals surface area contributed by atoms with Crippen molar-refractivity contribution in [2.45, 2.75) is 212 Å². The molecule has 0 bridgehead atoms. The van der Waals surface area contributed by atoms with E-state index >= 15 is 0 Å². The van der Waals surface area contributed by atoms with Gasteiger partial charge in [-0.3, -0.25) is 9.59 Å². The molecule has 13 heteroatoms. The fourth-order valence-electron chi connectivity index (χ4n) is 4.87. The van der Waals surface area contributed by atoms with Gasteiger partial charge in [-0.2, -0.15) is 0 Å². The van der Waals surface area contributed by atoms with Crippen molar-refractivity contribution in [2.24, 2.45) is 0 Å². The van der Waals surface area contributed by atoms with Crippen LogP contribution in [0, 0.1) is 0 Å². The zero-order valence-electron chi connectivity index (χ0n) is 36.8. The molecule has 0 unspecified atom stereocenters. The van der Waals surface area contributed by atoms with E-state index in [1.54, 1.807) is 0 Å². The molecule has 0 aromatic carbocycles. The number of allylic oxidation sites excluding steroid dienone is 4. The second-order valence-corrected chi connectivity index (χ2v) is 14.5. The van der Waals surface area contributed by atoms with Crippen LogP contribution in [0.4, 0.5) is 0 Å². The van der Waals surface area contributed by atoms with Crippen molar-refractivity contribution in [3.05, 3.63) is 24.3 Å². The number of aliphatic hydroxyl groups excluding tert-OH is 9. The molecular formula is C45H92O13. The van der Waals surface area contributed by atoms with Crippen LogP contribution in [0.15, 0.2) is 24.3 Å². The minimum atomic E-state index is -0.954. The Hall–Kier alpha value is -1.94. The van der Waals surface area contributed by atoms with Crippen molar-refractivity contribution < 1.29 is 65.8 Å². The van der Waals surface area contributed by atoms with Gasteiger partial charge >= 0.3 is 11.9 Å². The number of aliphatic carboxylic acids is 2. The first-order valence-corrected chi connectivity index (χ1v) is 22.4. The third-order valence-electron chi connectivity index (χ3n) is 8.57. The average Bonchev–Trinajstić information content (AvgIpc) is 3.23. The average molecular weight is 841 g/mol. The number of hydrogen-bond acceptors (Lipinski definition) is 11. The van der Waals surface area contributed by atoms with E-state index in [1.165, 1.54) is 141 Å². The van der Waals surface area contributed by atoms with Crippen molar-refractivity contribution in [1.82, 2.24) is 0 Å². The lowest BCUT2D eigenvalue weighted by atomic mass is 10.1. The summed E-state index contributed by atoms with van der Waals surface area (Å²) in [4.78, 5) is 20.6. The highest BCUT2D eigenvalue weighted by Crippen LogP contribution is 2.11. The van der Waals surface area contributed by atoms with E-state index in [4.69, 9.17) is 56.2 Å². The fraction of sp³-hybridized carbons (Fsp3) is 0.867. The van der Waals surface area contributed by atoms with Crippen LogP contribution in [0.25, 0.3) is 0 Å². The van der Waals surface area contributed by atoms with Crippen molar-refractivity contribution in [2.75, 3.05) is 39.6 Å². The lowest BCUT2D eigenvalue weighted by Crippen LogP contribution is -2.15. The summed E-state index contributed by atoms with van der Waals surface area (Å²) in [5, 5.41) is 89.1. The Bertz CT molecular complexity index is 726. The van der Waals surface area contributed by atoms with Gasteiger partial charge in [-0.05, 0) is 64.2 Å². The molecule has 58 heavy (non-hydrogen) atoms. The molecule has 0 aromatic rings. The summed E-state index contributed by atoms with van der Waals surface area (Å²) in [6.45, 7) is 2.33. The number of unbranched alkanes of at least 4 members (excludes halogenated alkanes) is 22. The Morgan fingerprint density at radius 1 is 0.345 bits per heavy atom. The smallest absolute Gasteiger partial charge is 0.303 e. The van der Waals surface area contributed by atoms with Crippen LogP contribution in [-0.4, -0.2) is 126 Å². The quantitative estimate of drug-likeness (QED) is 0.0220. The molecule has 0 rings (SSSR count). The number of carboxylic acid groups (broad SMARTS) is 2. The van der Waals surface area contributed by atoms with Gasteiger partial charge in [0.25, 0.3) is 0 Å². The Morgan fingerprint density at radius 3 is 0.707 bits per heavy atom. The first-order chi connectivity index (χ1) is 28.0. The highest BCUT2D eigenvalue weighted by molar-refractivity contribution is 5.66. The molecule has 0 spiro atoms. The van der Waals surface area contributed by atoms with Gasteiger partial charge in [0.15, 0.2) is 0 Å². The molecule has 0 atom stereocenters. The minimum Gasteiger partial charge on any atom is -0.481 e. The molecule has 0 aliphatic rings. The van der Waals surface area contributed by atoms with E-state index in [0.29, 0.717) is 12.8 Å². The lowest BCUT2D eigenvalue weighted by molar-refractivity contribution is -0.138. The van der Waals surface area contributed by atoms with Crippen LogP contribution in [0.3, 0.4) is 0 Å². The molecule has 0 aliphatic carbocycles. The van der Waals surface area contributed by atoms with Crippen LogP contribution >= 0.6 is 0 Å². The van der Waals surface area contributed by atoms with E-state index in [2.05, 4.69) is 38.2 Å². The van der Waals surface area contributed by atoms with Gasteiger partial charge in [0.05, 0.1) is 39.6 Å². The molecule has 0 aromatic heterocycles. The normalized spacial score (nSPS) is 10.9. The summed E-state index contributed by atoms with van der Waals surface area (Å²) >= 11 is 0. The Kier molecular flexibility index (Phi) is 69.4. The standard InChI is InChI=1S/2C18H34O2.3C3H8O3/c2*1-2-3-4-5-6-7-8-9-10-11-12-13-14-15-16-17-18(19)20;3*4-1-3(6)2-5/h2*9-10H,2-8,11-17H2,1H3,(H,19,20);3*3-6H,1-2H2/b2*10-9-;;;. The van der Waals surface area contributed by atoms with E-state index in [9.17, 15) is 9.59 Å². The highest BCUT2D eigenvalue weighted by atomic mass is 16.4.